The second-order valence-corrected chi connectivity index (χ2v) is 3.78. The number of aliphatic hydroxyl groups is 2. The summed E-state index contributed by atoms with van der Waals surface area (Å²) in [5.41, 5.74) is 0. The van der Waals surface area contributed by atoms with Gasteiger partial charge in [-0.2, -0.15) is 0 Å². The molecule has 0 radical (unpaired) electrons. The minimum Gasteiger partial charge on any atom is -0.545 e. The standard InChI is InChI=1S/C7H14O4.C6H8O2.K/c1-2-3-4-5-7(10,11)6(8)9;1-2-3-4-5-6(7)8;/h10-11H,2-5H2,1H3,(H,8,9);2-5H,1H3,(H,7,8);/q;;+1/p-1/b;3-2+,5-4+;. The number of carbonyl (C=O) groups is 2. The summed E-state index contributed by atoms with van der Waals surface area (Å²) in [6, 6.07) is 0. The predicted molar refractivity (Wildman–Crippen MR) is 67.9 cm³/mol. The van der Waals surface area contributed by atoms with Crippen molar-refractivity contribution < 1.29 is 81.4 Å². The predicted octanol–water partition coefficient (Wildman–Crippen LogP) is -2.80. The van der Waals surface area contributed by atoms with Crippen LogP contribution in [0.5, 0.6) is 0 Å². The van der Waals surface area contributed by atoms with Crippen molar-refractivity contribution in [2.45, 2.75) is 45.3 Å². The molecule has 0 atom stereocenters. The van der Waals surface area contributed by atoms with Gasteiger partial charge < -0.3 is 25.2 Å². The quantitative estimate of drug-likeness (QED) is 0.154. The third-order valence-electron chi connectivity index (χ3n) is 2.01. The van der Waals surface area contributed by atoms with Gasteiger partial charge in [0.25, 0.3) is 5.79 Å². The minimum absolute atomic E-state index is 0. The van der Waals surface area contributed by atoms with Crippen molar-refractivity contribution in [3.8, 4) is 0 Å². The zero-order chi connectivity index (χ0) is 15.3. The van der Waals surface area contributed by atoms with Gasteiger partial charge in [0.1, 0.15) is 0 Å². The average molecular weight is 312 g/mol. The molecular weight excluding hydrogens is 291 g/mol. The molecule has 0 saturated heterocycles. The Morgan fingerprint density at radius 1 is 1.20 bits per heavy atom. The van der Waals surface area contributed by atoms with E-state index in [1.54, 1.807) is 19.1 Å². The topological polar surface area (TPSA) is 118 Å². The monoisotopic (exact) mass is 312 g/mol. The second kappa shape index (κ2) is 15.4. The van der Waals surface area contributed by atoms with E-state index in [9.17, 15) is 14.7 Å². The number of unbranched alkanes of at least 4 members (excludes halogenated alkanes) is 2. The van der Waals surface area contributed by atoms with Crippen LogP contribution >= 0.6 is 0 Å². The fourth-order valence-corrected chi connectivity index (χ4v) is 0.974. The number of carboxylic acid groups (broad SMARTS) is 2. The van der Waals surface area contributed by atoms with Gasteiger partial charge in [0, 0.05) is 6.42 Å². The van der Waals surface area contributed by atoms with Crippen LogP contribution in [0.1, 0.15) is 39.5 Å². The molecule has 110 valence electrons. The molecular formula is C13H21KO6. The van der Waals surface area contributed by atoms with Crippen molar-refractivity contribution in [2.75, 3.05) is 0 Å². The molecule has 0 aromatic carbocycles. The SMILES string of the molecule is C/C=C/C=C/C(=O)[O-].CCCCCC(O)(O)C(=O)O.[K+]. The Hall–Kier alpha value is -0.0236. The Morgan fingerprint density at radius 2 is 1.75 bits per heavy atom. The summed E-state index contributed by atoms with van der Waals surface area (Å²) in [4.78, 5) is 19.8. The maximum Gasteiger partial charge on any atom is 1.00 e. The number of aliphatic carboxylic acids is 2. The molecule has 0 aromatic rings. The first-order valence-electron chi connectivity index (χ1n) is 5.96. The Kier molecular flexibility index (Phi) is 19.2. The summed E-state index contributed by atoms with van der Waals surface area (Å²) in [6.45, 7) is 3.76. The maximum absolute atomic E-state index is 10.1. The Balaban J connectivity index is -0.000000288. The summed E-state index contributed by atoms with van der Waals surface area (Å²) in [6.07, 6.45) is 7.91. The zero-order valence-corrected chi connectivity index (χ0v) is 15.3. The molecule has 0 spiro atoms. The molecule has 0 rings (SSSR count). The number of hydrogen-bond acceptors (Lipinski definition) is 5. The molecule has 0 fully saturated rings. The fraction of sp³-hybridized carbons (Fsp3) is 0.538. The van der Waals surface area contributed by atoms with E-state index in [1.807, 2.05) is 6.92 Å². The van der Waals surface area contributed by atoms with Crippen LogP contribution in [0.2, 0.25) is 0 Å². The van der Waals surface area contributed by atoms with Crippen LogP contribution in [-0.4, -0.2) is 33.0 Å². The molecule has 7 heteroatoms. The minimum atomic E-state index is -2.53. The Labute approximate surface area is 161 Å². The molecule has 6 nitrogen and oxygen atoms in total. The van der Waals surface area contributed by atoms with Crippen molar-refractivity contribution in [3.05, 3.63) is 24.3 Å². The van der Waals surface area contributed by atoms with Gasteiger partial charge in [-0.3, -0.25) is 0 Å². The number of rotatable bonds is 7. The normalized spacial score (nSPS) is 10.8. The first kappa shape index (κ1) is 25.0. The molecule has 0 aromatic heterocycles. The van der Waals surface area contributed by atoms with E-state index in [0.29, 0.717) is 6.42 Å². The first-order valence-corrected chi connectivity index (χ1v) is 5.96. The van der Waals surface area contributed by atoms with Gasteiger partial charge in [-0.1, -0.05) is 38.0 Å². The van der Waals surface area contributed by atoms with E-state index < -0.39 is 17.7 Å². The molecule has 0 heterocycles. The summed E-state index contributed by atoms with van der Waals surface area (Å²) >= 11 is 0. The van der Waals surface area contributed by atoms with Gasteiger partial charge in [0.15, 0.2) is 0 Å². The molecule has 0 saturated carbocycles. The molecule has 0 aliphatic carbocycles. The smallest absolute Gasteiger partial charge is 0.545 e. The summed E-state index contributed by atoms with van der Waals surface area (Å²) in [5, 5.41) is 35.4. The van der Waals surface area contributed by atoms with E-state index in [2.05, 4.69) is 0 Å². The van der Waals surface area contributed by atoms with E-state index in [0.717, 1.165) is 18.9 Å². The van der Waals surface area contributed by atoms with E-state index in [1.165, 1.54) is 6.08 Å². The van der Waals surface area contributed by atoms with E-state index in [4.69, 9.17) is 15.3 Å². The Morgan fingerprint density at radius 3 is 2.10 bits per heavy atom. The van der Waals surface area contributed by atoms with Crippen LogP contribution < -0.4 is 56.5 Å². The number of carbonyl (C=O) groups excluding carboxylic acids is 1. The van der Waals surface area contributed by atoms with Gasteiger partial charge in [-0.05, 0) is 19.4 Å². The molecule has 3 N–H and O–H groups in total. The first-order chi connectivity index (χ1) is 8.77. The zero-order valence-electron chi connectivity index (χ0n) is 12.2. The molecule has 0 aliphatic heterocycles. The van der Waals surface area contributed by atoms with E-state index in [-0.39, 0.29) is 57.8 Å². The van der Waals surface area contributed by atoms with Crippen molar-refractivity contribution in [1.29, 1.82) is 0 Å². The van der Waals surface area contributed by atoms with Gasteiger partial charge >= 0.3 is 57.4 Å². The third kappa shape index (κ3) is 18.0. The summed E-state index contributed by atoms with van der Waals surface area (Å²) < 4.78 is 0. The molecule has 0 amide bonds. The maximum atomic E-state index is 10.1. The number of hydrogen-bond donors (Lipinski definition) is 3. The van der Waals surface area contributed by atoms with E-state index >= 15 is 0 Å². The fourth-order valence-electron chi connectivity index (χ4n) is 0.974. The molecule has 0 unspecified atom stereocenters. The number of allylic oxidation sites excluding steroid dienone is 3. The second-order valence-electron chi connectivity index (χ2n) is 3.78. The van der Waals surface area contributed by atoms with Crippen LogP contribution in [0.15, 0.2) is 24.3 Å². The van der Waals surface area contributed by atoms with Crippen LogP contribution in [0.3, 0.4) is 0 Å². The Bertz CT molecular complexity index is 323. The summed E-state index contributed by atoms with van der Waals surface area (Å²) in [5.74, 6) is -5.27. The van der Waals surface area contributed by atoms with Gasteiger partial charge in [-0.25, -0.2) is 4.79 Å². The molecule has 0 bridgehead atoms. The summed E-state index contributed by atoms with van der Waals surface area (Å²) in [7, 11) is 0. The van der Waals surface area contributed by atoms with Crippen LogP contribution in [0.25, 0.3) is 0 Å². The van der Waals surface area contributed by atoms with Crippen molar-refractivity contribution in [2.24, 2.45) is 0 Å². The van der Waals surface area contributed by atoms with Crippen LogP contribution in [0.4, 0.5) is 0 Å². The van der Waals surface area contributed by atoms with Gasteiger partial charge in [-0.15, -0.1) is 0 Å². The van der Waals surface area contributed by atoms with Gasteiger partial charge in [0.05, 0.1) is 5.97 Å². The largest absolute Gasteiger partial charge is 1.00 e. The van der Waals surface area contributed by atoms with Crippen LogP contribution in [-0.2, 0) is 9.59 Å². The molecule has 0 aliphatic rings. The van der Waals surface area contributed by atoms with Crippen LogP contribution in [0, 0.1) is 0 Å². The third-order valence-corrected chi connectivity index (χ3v) is 2.01. The number of carboxylic acids is 2. The van der Waals surface area contributed by atoms with Crippen molar-refractivity contribution in [1.82, 2.24) is 0 Å². The van der Waals surface area contributed by atoms with Crippen molar-refractivity contribution >= 4 is 11.9 Å². The van der Waals surface area contributed by atoms with Gasteiger partial charge in [0.2, 0.25) is 0 Å². The molecule has 20 heavy (non-hydrogen) atoms. The average Bonchev–Trinajstić information content (AvgIpc) is 2.30. The van der Waals surface area contributed by atoms with Crippen molar-refractivity contribution in [3.63, 3.8) is 0 Å².